The highest BCUT2D eigenvalue weighted by Gasteiger charge is 2.18. The molecule has 0 fully saturated rings. The molecule has 2 N–H and O–H groups in total. The number of rotatable bonds is 4. The lowest BCUT2D eigenvalue weighted by Crippen LogP contribution is -2.12. The Morgan fingerprint density at radius 3 is 2.36 bits per heavy atom. The molecular weight excluding hydrogens is 248 g/mol. The molecule has 1 atom stereocenters. The van der Waals surface area contributed by atoms with E-state index in [1.54, 1.807) is 24.3 Å². The minimum atomic E-state index is -0.902. The zero-order valence-corrected chi connectivity index (χ0v) is 9.07. The lowest BCUT2D eigenvalue weighted by Gasteiger charge is -2.10. The van der Waals surface area contributed by atoms with E-state index >= 15 is 0 Å². The van der Waals surface area contributed by atoms with Crippen LogP contribution in [-0.2, 0) is 4.79 Å². The zero-order valence-electron chi connectivity index (χ0n) is 7.48. The van der Waals surface area contributed by atoms with Crippen molar-refractivity contribution in [3.05, 3.63) is 34.3 Å². The Balaban J connectivity index is 2.87. The second-order valence-corrected chi connectivity index (χ2v) is 3.87. The quantitative estimate of drug-likeness (QED) is 0.869. The Morgan fingerprint density at radius 1 is 1.36 bits per heavy atom. The van der Waals surface area contributed by atoms with Gasteiger partial charge in [-0.1, -0.05) is 28.1 Å². The Kier molecular flexibility index (Phi) is 4.10. The molecule has 1 aromatic rings. The van der Waals surface area contributed by atoms with E-state index < -0.39 is 11.9 Å². The third kappa shape index (κ3) is 2.82. The molecule has 0 aliphatic heterocycles. The predicted molar refractivity (Wildman–Crippen MR) is 56.2 cm³/mol. The van der Waals surface area contributed by atoms with Crippen LogP contribution in [0.3, 0.4) is 0 Å². The molecule has 0 amide bonds. The van der Waals surface area contributed by atoms with E-state index in [4.69, 9.17) is 10.2 Å². The molecule has 0 spiro atoms. The van der Waals surface area contributed by atoms with Crippen LogP contribution in [-0.4, -0.2) is 22.8 Å². The summed E-state index contributed by atoms with van der Waals surface area (Å²) in [5.74, 6) is -1.52. The molecule has 0 saturated carbocycles. The Hall–Kier alpha value is -0.870. The van der Waals surface area contributed by atoms with Gasteiger partial charge in [0.1, 0.15) is 0 Å². The van der Waals surface area contributed by atoms with Crippen LogP contribution in [0.1, 0.15) is 17.9 Å². The summed E-state index contributed by atoms with van der Waals surface area (Å²) >= 11 is 3.27. The van der Waals surface area contributed by atoms with Crippen molar-refractivity contribution in [2.45, 2.75) is 12.3 Å². The van der Waals surface area contributed by atoms with E-state index in [-0.39, 0.29) is 13.0 Å². The third-order valence-corrected chi connectivity index (χ3v) is 2.52. The van der Waals surface area contributed by atoms with E-state index in [1.807, 2.05) is 0 Å². The topological polar surface area (TPSA) is 57.5 Å². The molecule has 0 aliphatic carbocycles. The van der Waals surface area contributed by atoms with Crippen molar-refractivity contribution < 1.29 is 15.0 Å². The summed E-state index contributed by atoms with van der Waals surface area (Å²) in [5.41, 5.74) is 0.717. The number of halogens is 1. The summed E-state index contributed by atoms with van der Waals surface area (Å²) < 4.78 is 0.911. The molecule has 0 aliphatic rings. The summed E-state index contributed by atoms with van der Waals surface area (Å²) in [7, 11) is 0. The van der Waals surface area contributed by atoms with Crippen LogP contribution in [0.4, 0.5) is 0 Å². The number of aliphatic carboxylic acids is 1. The lowest BCUT2D eigenvalue weighted by molar-refractivity contribution is -0.139. The van der Waals surface area contributed by atoms with Gasteiger partial charge in [-0.05, 0) is 24.1 Å². The van der Waals surface area contributed by atoms with Crippen molar-refractivity contribution in [1.29, 1.82) is 0 Å². The fourth-order valence-electron chi connectivity index (χ4n) is 1.26. The van der Waals surface area contributed by atoms with Gasteiger partial charge in [-0.25, -0.2) is 0 Å². The monoisotopic (exact) mass is 258 g/mol. The van der Waals surface area contributed by atoms with Crippen LogP contribution >= 0.6 is 15.9 Å². The summed E-state index contributed by atoms with van der Waals surface area (Å²) in [6.07, 6.45) is 0.247. The number of hydrogen-bond acceptors (Lipinski definition) is 2. The smallest absolute Gasteiger partial charge is 0.311 e. The molecule has 14 heavy (non-hydrogen) atoms. The number of carbonyl (C=O) groups is 1. The zero-order chi connectivity index (χ0) is 10.6. The number of carboxylic acid groups (broad SMARTS) is 1. The first-order valence-electron chi connectivity index (χ1n) is 4.24. The van der Waals surface area contributed by atoms with Crippen molar-refractivity contribution >= 4 is 21.9 Å². The molecule has 0 aromatic heterocycles. The van der Waals surface area contributed by atoms with Crippen LogP contribution in [0.5, 0.6) is 0 Å². The number of hydrogen-bond donors (Lipinski definition) is 2. The van der Waals surface area contributed by atoms with Crippen molar-refractivity contribution in [1.82, 2.24) is 0 Å². The maximum absolute atomic E-state index is 10.9. The average Bonchev–Trinajstić information content (AvgIpc) is 2.15. The van der Waals surface area contributed by atoms with Gasteiger partial charge >= 0.3 is 5.97 Å². The van der Waals surface area contributed by atoms with Crippen LogP contribution in [0.15, 0.2) is 28.7 Å². The molecular formula is C10H11BrO3. The molecule has 1 aromatic carbocycles. The molecule has 0 saturated heterocycles. The van der Waals surface area contributed by atoms with Crippen LogP contribution in [0, 0.1) is 0 Å². The largest absolute Gasteiger partial charge is 0.481 e. The number of carboxylic acids is 1. The summed E-state index contributed by atoms with van der Waals surface area (Å²) in [4.78, 5) is 10.9. The van der Waals surface area contributed by atoms with Gasteiger partial charge in [0, 0.05) is 11.1 Å². The first-order valence-corrected chi connectivity index (χ1v) is 5.03. The minimum absolute atomic E-state index is 0.118. The molecule has 1 rings (SSSR count). The first-order chi connectivity index (χ1) is 6.65. The molecule has 0 heterocycles. The van der Waals surface area contributed by atoms with Crippen LogP contribution in [0.25, 0.3) is 0 Å². The molecule has 76 valence electrons. The van der Waals surface area contributed by atoms with E-state index in [2.05, 4.69) is 15.9 Å². The molecule has 1 unspecified atom stereocenters. The van der Waals surface area contributed by atoms with Gasteiger partial charge in [0.2, 0.25) is 0 Å². The normalized spacial score (nSPS) is 12.4. The Labute approximate surface area is 90.5 Å². The van der Waals surface area contributed by atoms with E-state index in [0.717, 1.165) is 10.0 Å². The van der Waals surface area contributed by atoms with E-state index in [0.29, 0.717) is 0 Å². The average molecular weight is 259 g/mol. The van der Waals surface area contributed by atoms with Gasteiger partial charge in [0.15, 0.2) is 0 Å². The van der Waals surface area contributed by atoms with Crippen LogP contribution in [0.2, 0.25) is 0 Å². The molecule has 0 radical (unpaired) electrons. The highest BCUT2D eigenvalue weighted by molar-refractivity contribution is 9.10. The summed E-state index contributed by atoms with van der Waals surface area (Å²) in [6, 6.07) is 7.09. The van der Waals surface area contributed by atoms with E-state index in [9.17, 15) is 4.79 Å². The SMILES string of the molecule is O=C(O)C(CCO)c1ccc(Br)cc1. The van der Waals surface area contributed by atoms with Gasteiger partial charge in [-0.3, -0.25) is 4.79 Å². The second kappa shape index (κ2) is 5.12. The second-order valence-electron chi connectivity index (χ2n) is 2.95. The molecule has 3 nitrogen and oxygen atoms in total. The molecule has 0 bridgehead atoms. The van der Waals surface area contributed by atoms with Crippen molar-refractivity contribution in [2.24, 2.45) is 0 Å². The fraction of sp³-hybridized carbons (Fsp3) is 0.300. The third-order valence-electron chi connectivity index (χ3n) is 1.99. The predicted octanol–water partition coefficient (Wildman–Crippen LogP) is 2.00. The van der Waals surface area contributed by atoms with Crippen molar-refractivity contribution in [3.63, 3.8) is 0 Å². The van der Waals surface area contributed by atoms with Gasteiger partial charge in [0.05, 0.1) is 5.92 Å². The number of aliphatic hydroxyl groups excluding tert-OH is 1. The van der Waals surface area contributed by atoms with Gasteiger partial charge in [-0.2, -0.15) is 0 Å². The van der Waals surface area contributed by atoms with Crippen molar-refractivity contribution in [2.75, 3.05) is 6.61 Å². The van der Waals surface area contributed by atoms with E-state index in [1.165, 1.54) is 0 Å². The van der Waals surface area contributed by atoms with Crippen LogP contribution < -0.4 is 0 Å². The summed E-state index contributed by atoms with van der Waals surface area (Å²) in [6.45, 7) is -0.118. The maximum Gasteiger partial charge on any atom is 0.311 e. The standard InChI is InChI=1S/C10H11BrO3/c11-8-3-1-7(2-4-8)9(5-6-12)10(13)14/h1-4,9,12H,5-6H2,(H,13,14). The van der Waals surface area contributed by atoms with Gasteiger partial charge < -0.3 is 10.2 Å². The summed E-state index contributed by atoms with van der Waals surface area (Å²) in [5, 5.41) is 17.6. The van der Waals surface area contributed by atoms with Gasteiger partial charge in [0.25, 0.3) is 0 Å². The molecule has 4 heteroatoms. The Morgan fingerprint density at radius 2 is 1.93 bits per heavy atom. The van der Waals surface area contributed by atoms with Crippen molar-refractivity contribution in [3.8, 4) is 0 Å². The van der Waals surface area contributed by atoms with Gasteiger partial charge in [-0.15, -0.1) is 0 Å². The highest BCUT2D eigenvalue weighted by atomic mass is 79.9. The lowest BCUT2D eigenvalue weighted by atomic mass is 9.96. The maximum atomic E-state index is 10.9. The number of benzene rings is 1. The highest BCUT2D eigenvalue weighted by Crippen LogP contribution is 2.21. The first kappa shape index (κ1) is 11.2. The Bertz CT molecular complexity index is 308. The fourth-order valence-corrected chi connectivity index (χ4v) is 1.52. The minimum Gasteiger partial charge on any atom is -0.481 e. The number of aliphatic hydroxyl groups is 1.